The minimum Gasteiger partial charge on any atom is -0.480 e. The first-order valence-corrected chi connectivity index (χ1v) is 7.03. The number of carboxylic acids is 1. The maximum absolute atomic E-state index is 12.3. The molecule has 0 radical (unpaired) electrons. The molecule has 2 heterocycles. The summed E-state index contributed by atoms with van der Waals surface area (Å²) >= 11 is 0. The van der Waals surface area contributed by atoms with Gasteiger partial charge in [0.1, 0.15) is 6.04 Å². The van der Waals surface area contributed by atoms with E-state index < -0.39 is 17.6 Å². The fraction of sp³-hybridized carbons (Fsp3) is 0.846. The summed E-state index contributed by atoms with van der Waals surface area (Å²) in [6.07, 6.45) is 0.606. The third-order valence-corrected chi connectivity index (χ3v) is 4.21. The molecule has 2 amide bonds. The van der Waals surface area contributed by atoms with Crippen LogP contribution in [0.5, 0.6) is 0 Å². The highest BCUT2D eigenvalue weighted by Gasteiger charge is 2.37. The van der Waals surface area contributed by atoms with E-state index in [2.05, 4.69) is 0 Å². The van der Waals surface area contributed by atoms with Gasteiger partial charge in [-0.25, -0.2) is 4.79 Å². The number of carbonyl (C=O) groups excluding carboxylic acids is 1. The minimum absolute atomic E-state index is 0.0506. The van der Waals surface area contributed by atoms with Crippen LogP contribution in [0.25, 0.3) is 0 Å². The van der Waals surface area contributed by atoms with Crippen LogP contribution in [0.3, 0.4) is 0 Å². The number of nitrogens with zero attached hydrogens (tertiary/aromatic N) is 3. The first kappa shape index (κ1) is 15.1. The smallest absolute Gasteiger partial charge is 0.320 e. The third-order valence-electron chi connectivity index (χ3n) is 4.21. The first-order chi connectivity index (χ1) is 9.30. The molecule has 0 aromatic rings. The fourth-order valence-electron chi connectivity index (χ4n) is 2.77. The molecule has 7 nitrogen and oxygen atoms in total. The molecule has 0 aliphatic carbocycles. The largest absolute Gasteiger partial charge is 0.480 e. The van der Waals surface area contributed by atoms with Crippen LogP contribution in [0.1, 0.15) is 20.3 Å². The van der Waals surface area contributed by atoms with Gasteiger partial charge in [0, 0.05) is 32.7 Å². The van der Waals surface area contributed by atoms with Crippen molar-refractivity contribution in [3.05, 3.63) is 0 Å². The molecule has 0 spiro atoms. The molecule has 0 aromatic carbocycles. The van der Waals surface area contributed by atoms with Crippen molar-refractivity contribution in [3.8, 4) is 0 Å². The summed E-state index contributed by atoms with van der Waals surface area (Å²) in [6, 6.07) is -0.565. The number of hydrogen-bond donors (Lipinski definition) is 2. The summed E-state index contributed by atoms with van der Waals surface area (Å²) in [5.74, 6) is -0.833. The zero-order valence-electron chi connectivity index (χ0n) is 12.1. The fourth-order valence-corrected chi connectivity index (χ4v) is 2.77. The molecule has 0 aromatic heterocycles. The topological polar surface area (TPSA) is 84.3 Å². The number of urea groups is 1. The second-order valence-corrected chi connectivity index (χ2v) is 5.99. The second kappa shape index (κ2) is 5.57. The summed E-state index contributed by atoms with van der Waals surface area (Å²) in [5, 5.41) is 18.9. The van der Waals surface area contributed by atoms with Gasteiger partial charge in [0.2, 0.25) is 0 Å². The third kappa shape index (κ3) is 3.21. The summed E-state index contributed by atoms with van der Waals surface area (Å²) in [4.78, 5) is 28.5. The Morgan fingerprint density at radius 2 is 1.70 bits per heavy atom. The number of hydrogen-bond acceptors (Lipinski definition) is 4. The van der Waals surface area contributed by atoms with E-state index >= 15 is 0 Å². The summed E-state index contributed by atoms with van der Waals surface area (Å²) in [7, 11) is 0. The predicted molar refractivity (Wildman–Crippen MR) is 72.5 cm³/mol. The van der Waals surface area contributed by atoms with Crippen molar-refractivity contribution in [1.82, 2.24) is 14.7 Å². The highest BCUT2D eigenvalue weighted by atomic mass is 16.4. The molecule has 0 bridgehead atoms. The van der Waals surface area contributed by atoms with E-state index in [9.17, 15) is 14.7 Å². The molecule has 2 unspecified atom stereocenters. The van der Waals surface area contributed by atoms with E-state index in [-0.39, 0.29) is 6.03 Å². The highest BCUT2D eigenvalue weighted by Crippen LogP contribution is 2.21. The zero-order chi connectivity index (χ0) is 14.9. The monoisotopic (exact) mass is 285 g/mol. The summed E-state index contributed by atoms with van der Waals surface area (Å²) in [6.45, 7) is 6.58. The van der Waals surface area contributed by atoms with Crippen LogP contribution in [0, 0.1) is 0 Å². The number of carboxylic acid groups (broad SMARTS) is 1. The van der Waals surface area contributed by atoms with Gasteiger partial charge in [0.15, 0.2) is 0 Å². The van der Waals surface area contributed by atoms with Gasteiger partial charge in [0.05, 0.1) is 12.1 Å². The molecule has 2 saturated heterocycles. The van der Waals surface area contributed by atoms with Gasteiger partial charge in [-0.15, -0.1) is 0 Å². The Kier molecular flexibility index (Phi) is 4.19. The highest BCUT2D eigenvalue weighted by molar-refractivity contribution is 5.75. The molecule has 114 valence electrons. The lowest BCUT2D eigenvalue weighted by atomic mass is 10.1. The SMILES string of the molecule is CC(C(=O)O)N1CCN(C(=O)N2CCC(C)(O)C2)CC1. The van der Waals surface area contributed by atoms with E-state index in [4.69, 9.17) is 5.11 Å². The number of likely N-dealkylation sites (tertiary alicyclic amines) is 1. The van der Waals surface area contributed by atoms with Crippen LogP contribution in [-0.4, -0.2) is 87.8 Å². The lowest BCUT2D eigenvalue weighted by molar-refractivity contribution is -0.143. The van der Waals surface area contributed by atoms with Crippen molar-refractivity contribution in [2.24, 2.45) is 0 Å². The van der Waals surface area contributed by atoms with Crippen LogP contribution >= 0.6 is 0 Å². The number of aliphatic hydroxyl groups is 1. The molecular formula is C13H23N3O4. The van der Waals surface area contributed by atoms with Gasteiger partial charge in [-0.05, 0) is 20.3 Å². The first-order valence-electron chi connectivity index (χ1n) is 7.03. The Balaban J connectivity index is 1.85. The number of piperazine rings is 1. The van der Waals surface area contributed by atoms with Crippen LogP contribution in [0.2, 0.25) is 0 Å². The number of aliphatic carboxylic acids is 1. The van der Waals surface area contributed by atoms with E-state index in [1.807, 2.05) is 4.90 Å². The van der Waals surface area contributed by atoms with Crippen molar-refractivity contribution in [3.63, 3.8) is 0 Å². The lowest BCUT2D eigenvalue weighted by Gasteiger charge is -2.38. The summed E-state index contributed by atoms with van der Waals surface area (Å²) < 4.78 is 0. The average molecular weight is 285 g/mol. The molecule has 2 fully saturated rings. The molecule has 7 heteroatoms. The second-order valence-electron chi connectivity index (χ2n) is 5.99. The van der Waals surface area contributed by atoms with Crippen LogP contribution in [0.4, 0.5) is 4.79 Å². The number of rotatable bonds is 2. The van der Waals surface area contributed by atoms with Crippen molar-refractivity contribution in [2.45, 2.75) is 31.9 Å². The molecule has 2 atom stereocenters. The van der Waals surface area contributed by atoms with Gasteiger partial charge in [-0.2, -0.15) is 0 Å². The van der Waals surface area contributed by atoms with E-state index in [0.29, 0.717) is 45.7 Å². The Morgan fingerprint density at radius 1 is 1.10 bits per heavy atom. The van der Waals surface area contributed by atoms with Gasteiger partial charge in [-0.3, -0.25) is 9.69 Å². The molecule has 20 heavy (non-hydrogen) atoms. The van der Waals surface area contributed by atoms with Gasteiger partial charge in [0.25, 0.3) is 0 Å². The van der Waals surface area contributed by atoms with Gasteiger partial charge in [-0.1, -0.05) is 0 Å². The van der Waals surface area contributed by atoms with Gasteiger partial charge < -0.3 is 20.0 Å². The predicted octanol–water partition coefficient (Wildman–Crippen LogP) is -0.346. The van der Waals surface area contributed by atoms with Crippen LogP contribution in [-0.2, 0) is 4.79 Å². The molecular weight excluding hydrogens is 262 g/mol. The number of carbonyl (C=O) groups is 2. The normalized spacial score (nSPS) is 29.6. The zero-order valence-corrected chi connectivity index (χ0v) is 12.1. The van der Waals surface area contributed by atoms with Crippen molar-refractivity contribution >= 4 is 12.0 Å². The maximum Gasteiger partial charge on any atom is 0.320 e. The van der Waals surface area contributed by atoms with E-state index in [1.165, 1.54) is 0 Å². The van der Waals surface area contributed by atoms with Crippen LogP contribution in [0.15, 0.2) is 0 Å². The van der Waals surface area contributed by atoms with Crippen molar-refractivity contribution in [1.29, 1.82) is 0 Å². The maximum atomic E-state index is 12.3. The van der Waals surface area contributed by atoms with Crippen molar-refractivity contribution in [2.75, 3.05) is 39.3 Å². The molecule has 2 aliphatic rings. The Hall–Kier alpha value is -1.34. The molecule has 2 N–H and O–H groups in total. The summed E-state index contributed by atoms with van der Waals surface area (Å²) in [5.41, 5.74) is -0.782. The van der Waals surface area contributed by atoms with E-state index in [1.54, 1.807) is 23.6 Å². The molecule has 2 rings (SSSR count). The Morgan fingerprint density at radius 3 is 2.15 bits per heavy atom. The van der Waals surface area contributed by atoms with Crippen molar-refractivity contribution < 1.29 is 19.8 Å². The molecule has 0 saturated carbocycles. The number of β-amino-alcohol motifs (C(OH)–C–C–N with tert-alkyl or cyclic N) is 1. The van der Waals surface area contributed by atoms with Crippen LogP contribution < -0.4 is 0 Å². The molecule has 2 aliphatic heterocycles. The van der Waals surface area contributed by atoms with Gasteiger partial charge >= 0.3 is 12.0 Å². The lowest BCUT2D eigenvalue weighted by Crippen LogP contribution is -2.55. The Labute approximate surface area is 118 Å². The van der Waals surface area contributed by atoms with E-state index in [0.717, 1.165) is 0 Å². The Bertz CT molecular complexity index is 391. The quantitative estimate of drug-likeness (QED) is 0.725. The standard InChI is InChI=1S/C13H23N3O4/c1-10(11(17)18)14-5-7-15(8-6-14)12(19)16-4-3-13(2,20)9-16/h10,20H,3-9H2,1-2H3,(H,17,18). The minimum atomic E-state index is -0.833. The average Bonchev–Trinajstić information content (AvgIpc) is 2.77. The number of amides is 2.